The normalized spacial score (nSPS) is 14.3. The molecule has 28 heavy (non-hydrogen) atoms. The first kappa shape index (κ1) is 18.8. The second-order valence-electron chi connectivity index (χ2n) is 7.46. The second-order valence-corrected chi connectivity index (χ2v) is 7.89. The van der Waals surface area contributed by atoms with Gasteiger partial charge in [0.15, 0.2) is 0 Å². The predicted molar refractivity (Wildman–Crippen MR) is 116 cm³/mol. The maximum Gasteiger partial charge on any atom is 0.256 e. The molecule has 1 amide bonds. The number of nitrogens with zero attached hydrogens (tertiary/aromatic N) is 2. The van der Waals surface area contributed by atoms with Crippen LogP contribution < -0.4 is 5.32 Å². The summed E-state index contributed by atoms with van der Waals surface area (Å²) < 4.78 is 0. The first-order chi connectivity index (χ1) is 13.5. The number of likely N-dealkylation sites (tertiary alicyclic amines) is 1. The van der Waals surface area contributed by atoms with Crippen LogP contribution in [0.3, 0.4) is 0 Å². The molecule has 1 saturated heterocycles. The Morgan fingerprint density at radius 3 is 2.64 bits per heavy atom. The summed E-state index contributed by atoms with van der Waals surface area (Å²) in [5, 5.41) is 5.99. The number of nitrogens with one attached hydrogen (secondary N) is 1. The minimum absolute atomic E-state index is 0.0805. The highest BCUT2D eigenvalue weighted by Gasteiger charge is 2.22. The molecule has 4 nitrogen and oxygen atoms in total. The summed E-state index contributed by atoms with van der Waals surface area (Å²) in [4.78, 5) is 19.8. The smallest absolute Gasteiger partial charge is 0.256 e. The summed E-state index contributed by atoms with van der Waals surface area (Å²) in [6.07, 6.45) is 5.06. The Balaban J connectivity index is 1.79. The number of piperidine rings is 1. The van der Waals surface area contributed by atoms with Crippen LogP contribution in [0.1, 0.15) is 40.7 Å². The van der Waals surface area contributed by atoms with Crippen molar-refractivity contribution in [2.45, 2.75) is 33.1 Å². The number of aryl methyl sites for hydroxylation is 2. The molecule has 0 atom stereocenters. The van der Waals surface area contributed by atoms with Gasteiger partial charge in [-0.25, -0.2) is 4.98 Å². The Labute approximate surface area is 170 Å². The zero-order chi connectivity index (χ0) is 19.7. The maximum atomic E-state index is 13.2. The Morgan fingerprint density at radius 1 is 1.07 bits per heavy atom. The minimum Gasteiger partial charge on any atom is -0.339 e. The van der Waals surface area contributed by atoms with Gasteiger partial charge in [0.1, 0.15) is 5.82 Å². The molecule has 1 N–H and O–H groups in total. The number of carbonyl (C=O) groups excluding carboxylic acids is 1. The van der Waals surface area contributed by atoms with Crippen molar-refractivity contribution >= 4 is 39.8 Å². The molecule has 1 aliphatic rings. The summed E-state index contributed by atoms with van der Waals surface area (Å²) in [6.45, 7) is 5.73. The summed E-state index contributed by atoms with van der Waals surface area (Å²) in [6, 6.07) is 11.8. The molecule has 0 radical (unpaired) electrons. The van der Waals surface area contributed by atoms with E-state index in [4.69, 9.17) is 11.6 Å². The van der Waals surface area contributed by atoms with Crippen LogP contribution in [0.15, 0.2) is 42.6 Å². The first-order valence-corrected chi connectivity index (χ1v) is 10.1. The maximum absolute atomic E-state index is 13.2. The van der Waals surface area contributed by atoms with Crippen molar-refractivity contribution in [1.82, 2.24) is 9.88 Å². The molecule has 2 aromatic carbocycles. The molecular formula is C23H24ClN3O. The standard InChI is InChI=1S/C23H24ClN3O/c1-15-9-10-17(24)13-20(15)26-22-18-8-6-7-16(2)21(18)19(14-25-22)23(28)27-11-4-3-5-12-27/h6-10,13-14H,3-5,11-12H2,1-2H3,(H,25,26). The van der Waals surface area contributed by atoms with Crippen molar-refractivity contribution in [3.8, 4) is 0 Å². The Kier molecular flexibility index (Phi) is 5.23. The van der Waals surface area contributed by atoms with E-state index < -0.39 is 0 Å². The Bertz CT molecular complexity index is 1040. The van der Waals surface area contributed by atoms with Gasteiger partial charge in [0.2, 0.25) is 0 Å². The largest absolute Gasteiger partial charge is 0.339 e. The van der Waals surface area contributed by atoms with Gasteiger partial charge in [0.25, 0.3) is 5.91 Å². The van der Waals surface area contributed by atoms with Crippen LogP contribution in [0.4, 0.5) is 11.5 Å². The van der Waals surface area contributed by atoms with Gasteiger partial charge in [0, 0.05) is 40.8 Å². The third kappa shape index (κ3) is 3.57. The zero-order valence-electron chi connectivity index (χ0n) is 16.3. The van der Waals surface area contributed by atoms with Gasteiger partial charge >= 0.3 is 0 Å². The number of anilines is 2. The number of benzene rings is 2. The van der Waals surface area contributed by atoms with Crippen LogP contribution in [-0.4, -0.2) is 28.9 Å². The molecule has 0 spiro atoms. The van der Waals surface area contributed by atoms with Crippen LogP contribution >= 0.6 is 11.6 Å². The molecule has 5 heteroatoms. The van der Waals surface area contributed by atoms with E-state index in [-0.39, 0.29) is 5.91 Å². The molecular weight excluding hydrogens is 370 g/mol. The Hall–Kier alpha value is -2.59. The predicted octanol–water partition coefficient (Wildman–Crippen LogP) is 5.87. The highest BCUT2D eigenvalue weighted by Crippen LogP contribution is 2.32. The lowest BCUT2D eigenvalue weighted by Crippen LogP contribution is -2.35. The quantitative estimate of drug-likeness (QED) is 0.604. The number of pyridine rings is 1. The summed E-state index contributed by atoms with van der Waals surface area (Å²) in [7, 11) is 0. The van der Waals surface area contributed by atoms with E-state index >= 15 is 0 Å². The van der Waals surface area contributed by atoms with Gasteiger partial charge in [-0.05, 0) is 56.4 Å². The van der Waals surface area contributed by atoms with E-state index in [1.165, 1.54) is 6.42 Å². The number of amides is 1. The lowest BCUT2D eigenvalue weighted by atomic mass is 10.00. The molecule has 2 heterocycles. The SMILES string of the molecule is Cc1ccc(Cl)cc1Nc1ncc(C(=O)N2CCCCC2)c2c(C)cccc12. The summed E-state index contributed by atoms with van der Waals surface area (Å²) in [5.41, 5.74) is 3.76. The molecule has 4 rings (SSSR count). The van der Waals surface area contributed by atoms with Crippen molar-refractivity contribution in [3.05, 3.63) is 64.3 Å². The van der Waals surface area contributed by atoms with Gasteiger partial charge in [-0.15, -0.1) is 0 Å². The number of hydrogen-bond donors (Lipinski definition) is 1. The fourth-order valence-corrected chi connectivity index (χ4v) is 4.04. The van der Waals surface area contributed by atoms with E-state index in [0.29, 0.717) is 10.6 Å². The highest BCUT2D eigenvalue weighted by atomic mass is 35.5. The van der Waals surface area contributed by atoms with Crippen LogP contribution in [-0.2, 0) is 0 Å². The molecule has 0 saturated carbocycles. The van der Waals surface area contributed by atoms with Crippen LogP contribution in [0.5, 0.6) is 0 Å². The number of fused-ring (bicyclic) bond motifs is 1. The van der Waals surface area contributed by atoms with Gasteiger partial charge in [-0.1, -0.05) is 35.9 Å². The zero-order valence-corrected chi connectivity index (χ0v) is 17.0. The number of aromatic nitrogens is 1. The Morgan fingerprint density at radius 2 is 1.86 bits per heavy atom. The topological polar surface area (TPSA) is 45.2 Å². The molecule has 144 valence electrons. The van der Waals surface area contributed by atoms with Gasteiger partial charge in [-0.3, -0.25) is 4.79 Å². The molecule has 0 bridgehead atoms. The lowest BCUT2D eigenvalue weighted by Gasteiger charge is -2.27. The molecule has 0 aliphatic carbocycles. The monoisotopic (exact) mass is 393 g/mol. The average Bonchev–Trinajstić information content (AvgIpc) is 2.71. The number of rotatable bonds is 3. The molecule has 3 aromatic rings. The van der Waals surface area contributed by atoms with E-state index in [2.05, 4.69) is 10.3 Å². The molecule has 1 fully saturated rings. The van der Waals surface area contributed by atoms with Gasteiger partial charge in [-0.2, -0.15) is 0 Å². The van der Waals surface area contributed by atoms with E-state index in [0.717, 1.165) is 59.3 Å². The molecule has 1 aromatic heterocycles. The summed E-state index contributed by atoms with van der Waals surface area (Å²) >= 11 is 6.17. The van der Waals surface area contributed by atoms with Crippen LogP contribution in [0, 0.1) is 13.8 Å². The third-order valence-electron chi connectivity index (χ3n) is 5.45. The van der Waals surface area contributed by atoms with E-state index in [1.807, 2.05) is 55.1 Å². The number of halogens is 1. The van der Waals surface area contributed by atoms with Crippen molar-refractivity contribution in [2.24, 2.45) is 0 Å². The van der Waals surface area contributed by atoms with Crippen molar-refractivity contribution in [1.29, 1.82) is 0 Å². The third-order valence-corrected chi connectivity index (χ3v) is 5.68. The number of carbonyl (C=O) groups is 1. The first-order valence-electron chi connectivity index (χ1n) is 9.75. The van der Waals surface area contributed by atoms with E-state index in [9.17, 15) is 4.79 Å². The van der Waals surface area contributed by atoms with Crippen molar-refractivity contribution in [3.63, 3.8) is 0 Å². The average molecular weight is 394 g/mol. The fraction of sp³-hybridized carbons (Fsp3) is 0.304. The minimum atomic E-state index is 0.0805. The fourth-order valence-electron chi connectivity index (χ4n) is 3.87. The van der Waals surface area contributed by atoms with Gasteiger partial charge < -0.3 is 10.2 Å². The van der Waals surface area contributed by atoms with Gasteiger partial charge in [0.05, 0.1) is 5.56 Å². The molecule has 0 unspecified atom stereocenters. The van der Waals surface area contributed by atoms with Crippen molar-refractivity contribution in [2.75, 3.05) is 18.4 Å². The van der Waals surface area contributed by atoms with Crippen LogP contribution in [0.25, 0.3) is 10.8 Å². The number of hydrogen-bond acceptors (Lipinski definition) is 3. The summed E-state index contributed by atoms with van der Waals surface area (Å²) in [5.74, 6) is 0.816. The van der Waals surface area contributed by atoms with Crippen LogP contribution in [0.2, 0.25) is 5.02 Å². The van der Waals surface area contributed by atoms with E-state index in [1.54, 1.807) is 6.20 Å². The van der Waals surface area contributed by atoms with Crippen molar-refractivity contribution < 1.29 is 4.79 Å². The molecule has 1 aliphatic heterocycles. The second kappa shape index (κ2) is 7.80. The lowest BCUT2D eigenvalue weighted by molar-refractivity contribution is 0.0726. The highest BCUT2D eigenvalue weighted by molar-refractivity contribution is 6.30.